The molecule has 2 atom stereocenters. The SMILES string of the molecule is Cc1ccc(C(=O)NCC(=O)N2CC[C@@H]3CCCC[C@@H]3C2)cc1. The molecule has 3 rings (SSSR count). The summed E-state index contributed by atoms with van der Waals surface area (Å²) in [5.41, 5.74) is 1.72. The molecule has 124 valence electrons. The second kappa shape index (κ2) is 7.16. The number of aryl methyl sites for hydroxylation is 1. The summed E-state index contributed by atoms with van der Waals surface area (Å²) in [6.07, 6.45) is 6.36. The molecule has 1 aromatic rings. The molecular formula is C19H26N2O2. The number of likely N-dealkylation sites (tertiary alicyclic amines) is 1. The van der Waals surface area contributed by atoms with E-state index < -0.39 is 0 Å². The zero-order valence-electron chi connectivity index (χ0n) is 13.9. The number of amides is 2. The molecule has 2 amide bonds. The van der Waals surface area contributed by atoms with Gasteiger partial charge in [0.2, 0.25) is 5.91 Å². The van der Waals surface area contributed by atoms with Crippen LogP contribution >= 0.6 is 0 Å². The second-order valence-electron chi connectivity index (χ2n) is 6.98. The van der Waals surface area contributed by atoms with Crippen LogP contribution in [0.4, 0.5) is 0 Å². The lowest BCUT2D eigenvalue weighted by molar-refractivity contribution is -0.133. The van der Waals surface area contributed by atoms with Crippen LogP contribution < -0.4 is 5.32 Å². The molecule has 0 unspecified atom stereocenters. The van der Waals surface area contributed by atoms with Crippen LogP contribution in [0.3, 0.4) is 0 Å². The van der Waals surface area contributed by atoms with Crippen molar-refractivity contribution in [1.82, 2.24) is 10.2 Å². The van der Waals surface area contributed by atoms with Crippen LogP contribution in [-0.2, 0) is 4.79 Å². The standard InChI is InChI=1S/C19H26N2O2/c1-14-6-8-16(9-7-14)19(23)20-12-18(22)21-11-10-15-4-2-3-5-17(15)13-21/h6-9,15,17H,2-5,10-13H2,1H3,(H,20,23)/t15-,17+/m0/s1. The Bertz CT molecular complexity index is 567. The lowest BCUT2D eigenvalue weighted by atomic mass is 9.75. The van der Waals surface area contributed by atoms with E-state index in [1.54, 1.807) is 12.1 Å². The fraction of sp³-hybridized carbons (Fsp3) is 0.579. The molecule has 0 spiro atoms. The Morgan fingerprint density at radius 3 is 2.52 bits per heavy atom. The second-order valence-corrected chi connectivity index (χ2v) is 6.98. The molecule has 23 heavy (non-hydrogen) atoms. The molecule has 4 nitrogen and oxygen atoms in total. The summed E-state index contributed by atoms with van der Waals surface area (Å²) in [6.45, 7) is 3.81. The molecule has 1 N–H and O–H groups in total. The van der Waals surface area contributed by atoms with Crippen LogP contribution in [0.25, 0.3) is 0 Å². The molecule has 1 aliphatic carbocycles. The Morgan fingerprint density at radius 2 is 1.78 bits per heavy atom. The summed E-state index contributed by atoms with van der Waals surface area (Å²) in [4.78, 5) is 26.4. The molecule has 4 heteroatoms. The topological polar surface area (TPSA) is 49.4 Å². The van der Waals surface area contributed by atoms with Crippen molar-refractivity contribution >= 4 is 11.8 Å². The van der Waals surface area contributed by atoms with Gasteiger partial charge in [-0.2, -0.15) is 0 Å². The van der Waals surface area contributed by atoms with Gasteiger partial charge in [0.1, 0.15) is 0 Å². The van der Waals surface area contributed by atoms with Crippen molar-refractivity contribution < 1.29 is 9.59 Å². The minimum Gasteiger partial charge on any atom is -0.343 e. The molecule has 0 aromatic heterocycles. The number of benzene rings is 1. The van der Waals surface area contributed by atoms with E-state index in [1.165, 1.54) is 25.7 Å². The van der Waals surface area contributed by atoms with Crippen LogP contribution in [0, 0.1) is 18.8 Å². The van der Waals surface area contributed by atoms with E-state index in [9.17, 15) is 9.59 Å². The number of hydrogen-bond donors (Lipinski definition) is 1. The van der Waals surface area contributed by atoms with Gasteiger partial charge in [-0.15, -0.1) is 0 Å². The van der Waals surface area contributed by atoms with Gasteiger partial charge in [0.25, 0.3) is 5.91 Å². The summed E-state index contributed by atoms with van der Waals surface area (Å²) in [6, 6.07) is 7.40. The summed E-state index contributed by atoms with van der Waals surface area (Å²) in [7, 11) is 0. The molecule has 2 aliphatic rings. The average Bonchev–Trinajstić information content (AvgIpc) is 2.59. The highest BCUT2D eigenvalue weighted by molar-refractivity contribution is 5.96. The fourth-order valence-corrected chi connectivity index (χ4v) is 3.90. The van der Waals surface area contributed by atoms with Crippen molar-refractivity contribution in [2.45, 2.75) is 39.0 Å². The summed E-state index contributed by atoms with van der Waals surface area (Å²) >= 11 is 0. The van der Waals surface area contributed by atoms with E-state index in [4.69, 9.17) is 0 Å². The summed E-state index contributed by atoms with van der Waals surface area (Å²) in [5.74, 6) is 1.37. The Balaban J connectivity index is 1.49. The lowest BCUT2D eigenvalue weighted by Crippen LogP contribution is -2.48. The normalized spacial score (nSPS) is 24.0. The van der Waals surface area contributed by atoms with Crippen LogP contribution in [-0.4, -0.2) is 36.3 Å². The first kappa shape index (κ1) is 16.0. The molecule has 1 aliphatic heterocycles. The number of nitrogens with one attached hydrogen (secondary N) is 1. The third-order valence-corrected chi connectivity index (χ3v) is 5.36. The van der Waals surface area contributed by atoms with Crippen molar-refractivity contribution in [1.29, 1.82) is 0 Å². The van der Waals surface area contributed by atoms with Crippen molar-refractivity contribution in [3.63, 3.8) is 0 Å². The van der Waals surface area contributed by atoms with E-state index in [1.807, 2.05) is 24.0 Å². The van der Waals surface area contributed by atoms with Gasteiger partial charge in [0.15, 0.2) is 0 Å². The third kappa shape index (κ3) is 3.92. The minimum absolute atomic E-state index is 0.0504. The van der Waals surface area contributed by atoms with Gasteiger partial charge in [-0.3, -0.25) is 9.59 Å². The maximum Gasteiger partial charge on any atom is 0.251 e. The van der Waals surface area contributed by atoms with Crippen molar-refractivity contribution in [3.8, 4) is 0 Å². The quantitative estimate of drug-likeness (QED) is 0.932. The number of hydrogen-bond acceptors (Lipinski definition) is 2. The first-order chi connectivity index (χ1) is 11.1. The van der Waals surface area contributed by atoms with Gasteiger partial charge in [0, 0.05) is 18.7 Å². The summed E-state index contributed by atoms with van der Waals surface area (Å²) < 4.78 is 0. The van der Waals surface area contributed by atoms with E-state index in [0.29, 0.717) is 11.5 Å². The van der Waals surface area contributed by atoms with E-state index >= 15 is 0 Å². The molecule has 2 fully saturated rings. The smallest absolute Gasteiger partial charge is 0.251 e. The zero-order valence-corrected chi connectivity index (χ0v) is 13.9. The van der Waals surface area contributed by atoms with E-state index in [-0.39, 0.29) is 18.4 Å². The predicted molar refractivity (Wildman–Crippen MR) is 90.2 cm³/mol. The minimum atomic E-state index is -0.175. The van der Waals surface area contributed by atoms with Gasteiger partial charge < -0.3 is 10.2 Å². The van der Waals surface area contributed by atoms with Crippen molar-refractivity contribution in [3.05, 3.63) is 35.4 Å². The summed E-state index contributed by atoms with van der Waals surface area (Å²) in [5, 5.41) is 2.76. The number of fused-ring (bicyclic) bond motifs is 1. The Morgan fingerprint density at radius 1 is 1.09 bits per heavy atom. The predicted octanol–water partition coefficient (Wildman–Crippen LogP) is 2.76. The van der Waals surface area contributed by atoms with Gasteiger partial charge in [-0.05, 0) is 43.7 Å². The monoisotopic (exact) mass is 314 g/mol. The first-order valence-corrected chi connectivity index (χ1v) is 8.76. The van der Waals surface area contributed by atoms with Gasteiger partial charge in [-0.1, -0.05) is 37.0 Å². The molecule has 1 heterocycles. The highest BCUT2D eigenvalue weighted by atomic mass is 16.2. The zero-order chi connectivity index (χ0) is 16.2. The maximum atomic E-state index is 12.4. The molecule has 0 bridgehead atoms. The number of rotatable bonds is 3. The number of carbonyl (C=O) groups excluding carboxylic acids is 2. The largest absolute Gasteiger partial charge is 0.343 e. The highest BCUT2D eigenvalue weighted by Gasteiger charge is 2.32. The van der Waals surface area contributed by atoms with Crippen LogP contribution in [0.2, 0.25) is 0 Å². The Hall–Kier alpha value is -1.84. The Kier molecular flexibility index (Phi) is 4.99. The van der Waals surface area contributed by atoms with Gasteiger partial charge >= 0.3 is 0 Å². The number of piperidine rings is 1. The van der Waals surface area contributed by atoms with E-state index in [0.717, 1.165) is 31.0 Å². The van der Waals surface area contributed by atoms with Crippen LogP contribution in [0.5, 0.6) is 0 Å². The van der Waals surface area contributed by atoms with Crippen LogP contribution in [0.15, 0.2) is 24.3 Å². The van der Waals surface area contributed by atoms with Gasteiger partial charge in [0.05, 0.1) is 6.54 Å². The first-order valence-electron chi connectivity index (χ1n) is 8.76. The number of nitrogens with zero attached hydrogens (tertiary/aromatic N) is 1. The van der Waals surface area contributed by atoms with Crippen LogP contribution in [0.1, 0.15) is 48.0 Å². The molecule has 0 radical (unpaired) electrons. The Labute approximate surface area is 138 Å². The number of carbonyl (C=O) groups is 2. The fourth-order valence-electron chi connectivity index (χ4n) is 3.90. The molecule has 1 saturated heterocycles. The molecular weight excluding hydrogens is 288 g/mol. The third-order valence-electron chi connectivity index (χ3n) is 5.36. The highest BCUT2D eigenvalue weighted by Crippen LogP contribution is 2.35. The molecule has 1 saturated carbocycles. The van der Waals surface area contributed by atoms with E-state index in [2.05, 4.69) is 5.32 Å². The average molecular weight is 314 g/mol. The molecule has 1 aromatic carbocycles. The maximum absolute atomic E-state index is 12.4. The van der Waals surface area contributed by atoms with Crippen molar-refractivity contribution in [2.75, 3.05) is 19.6 Å². The van der Waals surface area contributed by atoms with Crippen molar-refractivity contribution in [2.24, 2.45) is 11.8 Å². The van der Waals surface area contributed by atoms with Gasteiger partial charge in [-0.25, -0.2) is 0 Å². The lowest BCUT2D eigenvalue weighted by Gasteiger charge is -2.41.